The molecule has 1 aromatic heterocycles. The predicted octanol–water partition coefficient (Wildman–Crippen LogP) is 2.52. The minimum atomic E-state index is -3.98. The molecule has 3 aromatic carbocycles. The summed E-state index contributed by atoms with van der Waals surface area (Å²) in [5, 5.41) is 9.31. The maximum absolute atomic E-state index is 13.5. The van der Waals surface area contributed by atoms with E-state index in [2.05, 4.69) is 4.98 Å². The fraction of sp³-hybridized carbons (Fsp3) is 0.125. The summed E-state index contributed by atoms with van der Waals surface area (Å²) in [6.07, 6.45) is 1.44. The summed E-state index contributed by atoms with van der Waals surface area (Å²) >= 11 is 0. The number of carboxylic acids is 1. The number of para-hydroxylation sites is 1. The van der Waals surface area contributed by atoms with Gasteiger partial charge in [-0.2, -0.15) is 0 Å². The highest BCUT2D eigenvalue weighted by Gasteiger charge is 2.29. The second-order valence-corrected chi connectivity index (χ2v) is 9.77. The number of nitrogens with one attached hydrogen (secondary N) is 1. The number of sulfonamides is 1. The average Bonchev–Trinajstić information content (AvgIpc) is 2.83. The van der Waals surface area contributed by atoms with Crippen molar-refractivity contribution in [3.8, 4) is 5.69 Å². The van der Waals surface area contributed by atoms with Gasteiger partial charge in [-0.3, -0.25) is 9.10 Å². The number of anilines is 1. The topological polar surface area (TPSA) is 130 Å². The van der Waals surface area contributed by atoms with E-state index in [1.165, 1.54) is 46.8 Å². The molecule has 2 N–H and O–H groups in total. The maximum atomic E-state index is 13.5. The number of aromatic carboxylic acids is 1. The second kappa shape index (κ2) is 7.99. The zero-order valence-electron chi connectivity index (χ0n) is 17.8. The number of nitrogens with zero attached hydrogens (tertiary/aromatic N) is 2. The SMILES string of the molecule is O=C(O)c1cccc2[nH]c(=O)n(-c3cccc(S(=O)(=O)N4CCCc5ccccc54)c3)c(=O)c12. The van der Waals surface area contributed by atoms with Crippen LogP contribution in [0.3, 0.4) is 0 Å². The molecule has 10 heteroatoms. The Morgan fingerprint density at radius 2 is 1.74 bits per heavy atom. The number of H-pyrrole nitrogens is 1. The molecular formula is C24H19N3O6S. The number of carbonyl (C=O) groups is 1. The normalized spacial score (nSPS) is 13.6. The van der Waals surface area contributed by atoms with Crippen LogP contribution < -0.4 is 15.6 Å². The summed E-state index contributed by atoms with van der Waals surface area (Å²) in [5.74, 6) is -1.32. The molecule has 9 nitrogen and oxygen atoms in total. The van der Waals surface area contributed by atoms with Gasteiger partial charge in [-0.15, -0.1) is 0 Å². The molecule has 0 saturated carbocycles. The molecule has 5 rings (SSSR count). The molecule has 0 saturated heterocycles. The molecule has 34 heavy (non-hydrogen) atoms. The number of carboxylic acid groups (broad SMARTS) is 1. The van der Waals surface area contributed by atoms with Crippen LogP contribution >= 0.6 is 0 Å². The lowest BCUT2D eigenvalue weighted by Gasteiger charge is -2.30. The number of aromatic amines is 1. The number of aryl methyl sites for hydroxylation is 1. The summed E-state index contributed by atoms with van der Waals surface area (Å²) in [5.41, 5.74) is -0.295. The fourth-order valence-electron chi connectivity index (χ4n) is 4.33. The molecule has 172 valence electrons. The Balaban J connectivity index is 1.68. The Kier molecular flexibility index (Phi) is 5.09. The van der Waals surface area contributed by atoms with E-state index in [-0.39, 0.29) is 27.0 Å². The van der Waals surface area contributed by atoms with E-state index < -0.39 is 27.2 Å². The van der Waals surface area contributed by atoms with Gasteiger partial charge in [0.2, 0.25) is 0 Å². The Morgan fingerprint density at radius 1 is 0.971 bits per heavy atom. The van der Waals surface area contributed by atoms with Crippen molar-refractivity contribution in [3.05, 3.63) is 98.7 Å². The van der Waals surface area contributed by atoms with Gasteiger partial charge >= 0.3 is 11.7 Å². The van der Waals surface area contributed by atoms with Crippen LogP contribution in [0.4, 0.5) is 5.69 Å². The molecule has 0 atom stereocenters. The van der Waals surface area contributed by atoms with Crippen molar-refractivity contribution in [1.82, 2.24) is 9.55 Å². The van der Waals surface area contributed by atoms with Gasteiger partial charge in [0.1, 0.15) is 0 Å². The maximum Gasteiger partial charge on any atom is 0.336 e. The number of rotatable bonds is 4. The molecule has 0 bridgehead atoms. The van der Waals surface area contributed by atoms with Crippen LogP contribution in [0.1, 0.15) is 22.3 Å². The first-order chi connectivity index (χ1) is 16.3. The molecule has 0 amide bonds. The lowest BCUT2D eigenvalue weighted by Crippen LogP contribution is -2.36. The number of hydrogen-bond donors (Lipinski definition) is 2. The lowest BCUT2D eigenvalue weighted by molar-refractivity contribution is 0.0699. The molecule has 0 spiro atoms. The third-order valence-electron chi connectivity index (χ3n) is 5.89. The molecule has 0 fully saturated rings. The van der Waals surface area contributed by atoms with Gasteiger partial charge in [-0.05, 0) is 54.8 Å². The number of hydrogen-bond acceptors (Lipinski definition) is 5. The van der Waals surface area contributed by atoms with Gasteiger partial charge < -0.3 is 10.1 Å². The first kappa shape index (κ1) is 21.7. The summed E-state index contributed by atoms with van der Waals surface area (Å²) in [6, 6.07) is 16.9. The fourth-order valence-corrected chi connectivity index (χ4v) is 5.92. The third kappa shape index (κ3) is 3.39. The molecule has 4 aromatic rings. The number of aromatic nitrogens is 2. The van der Waals surface area contributed by atoms with Crippen LogP contribution in [0.25, 0.3) is 16.6 Å². The van der Waals surface area contributed by atoms with Crippen LogP contribution in [0.15, 0.2) is 81.2 Å². The smallest absolute Gasteiger partial charge is 0.336 e. The van der Waals surface area contributed by atoms with Gasteiger partial charge in [-0.1, -0.05) is 30.3 Å². The van der Waals surface area contributed by atoms with Crippen molar-refractivity contribution >= 4 is 32.6 Å². The van der Waals surface area contributed by atoms with Gasteiger partial charge in [0.25, 0.3) is 15.6 Å². The molecule has 2 heterocycles. The van der Waals surface area contributed by atoms with E-state index in [9.17, 15) is 27.9 Å². The van der Waals surface area contributed by atoms with Gasteiger partial charge in [0, 0.05) is 6.54 Å². The van der Waals surface area contributed by atoms with Gasteiger partial charge in [0.15, 0.2) is 0 Å². The summed E-state index contributed by atoms with van der Waals surface area (Å²) < 4.78 is 29.2. The first-order valence-corrected chi connectivity index (χ1v) is 12.0. The van der Waals surface area contributed by atoms with Gasteiger partial charge in [-0.25, -0.2) is 22.6 Å². The highest BCUT2D eigenvalue weighted by Crippen LogP contribution is 2.32. The Morgan fingerprint density at radius 3 is 2.53 bits per heavy atom. The van der Waals surface area contributed by atoms with Crippen molar-refractivity contribution in [2.75, 3.05) is 10.8 Å². The van der Waals surface area contributed by atoms with E-state index >= 15 is 0 Å². The van der Waals surface area contributed by atoms with E-state index in [1.54, 1.807) is 12.1 Å². The molecule has 1 aliphatic rings. The number of benzene rings is 3. The lowest BCUT2D eigenvalue weighted by atomic mass is 10.0. The minimum Gasteiger partial charge on any atom is -0.478 e. The largest absolute Gasteiger partial charge is 0.478 e. The van der Waals surface area contributed by atoms with Crippen LogP contribution in [0.5, 0.6) is 0 Å². The summed E-state index contributed by atoms with van der Waals surface area (Å²) in [7, 11) is -3.98. The Hall–Kier alpha value is -4.18. The molecule has 0 radical (unpaired) electrons. The molecule has 0 aliphatic carbocycles. The van der Waals surface area contributed by atoms with Crippen molar-refractivity contribution in [1.29, 1.82) is 0 Å². The molecular weight excluding hydrogens is 458 g/mol. The van der Waals surface area contributed by atoms with E-state index in [4.69, 9.17) is 0 Å². The second-order valence-electron chi connectivity index (χ2n) is 7.91. The predicted molar refractivity (Wildman–Crippen MR) is 126 cm³/mol. The highest BCUT2D eigenvalue weighted by molar-refractivity contribution is 7.92. The van der Waals surface area contributed by atoms with Gasteiger partial charge in [0.05, 0.1) is 32.7 Å². The zero-order valence-corrected chi connectivity index (χ0v) is 18.6. The van der Waals surface area contributed by atoms with Crippen molar-refractivity contribution in [3.63, 3.8) is 0 Å². The van der Waals surface area contributed by atoms with Crippen LogP contribution in [0.2, 0.25) is 0 Å². The summed E-state index contributed by atoms with van der Waals surface area (Å²) in [4.78, 5) is 40.0. The molecule has 0 unspecified atom stereocenters. The quantitative estimate of drug-likeness (QED) is 0.465. The van der Waals surface area contributed by atoms with Crippen molar-refractivity contribution in [2.45, 2.75) is 17.7 Å². The van der Waals surface area contributed by atoms with Crippen molar-refractivity contribution < 1.29 is 18.3 Å². The Labute approximate surface area is 193 Å². The van der Waals surface area contributed by atoms with E-state index in [0.29, 0.717) is 18.7 Å². The van der Waals surface area contributed by atoms with Crippen LogP contribution in [-0.2, 0) is 16.4 Å². The van der Waals surface area contributed by atoms with E-state index in [0.717, 1.165) is 16.6 Å². The highest BCUT2D eigenvalue weighted by atomic mass is 32.2. The standard InChI is InChI=1S/C24H19N3O6S/c28-22-21-18(23(29)30)10-4-11-19(21)25-24(31)27(22)16-8-3-9-17(14-16)34(32,33)26-13-5-7-15-6-1-2-12-20(15)26/h1-4,6,8-12,14H,5,7,13H2,(H,25,31)(H,29,30). The van der Waals surface area contributed by atoms with Crippen LogP contribution in [0, 0.1) is 0 Å². The van der Waals surface area contributed by atoms with Crippen molar-refractivity contribution in [2.24, 2.45) is 0 Å². The average molecular weight is 477 g/mol. The van der Waals surface area contributed by atoms with E-state index in [1.807, 2.05) is 12.1 Å². The molecule has 1 aliphatic heterocycles. The monoisotopic (exact) mass is 477 g/mol. The first-order valence-electron chi connectivity index (χ1n) is 10.5. The minimum absolute atomic E-state index is 0.0136. The third-order valence-corrected chi connectivity index (χ3v) is 7.70. The zero-order chi connectivity index (χ0) is 24.0. The van der Waals surface area contributed by atoms with Crippen LogP contribution in [-0.4, -0.2) is 35.6 Å². The summed E-state index contributed by atoms with van der Waals surface area (Å²) in [6.45, 7) is 0.308. The Bertz CT molecular complexity index is 1690. The number of fused-ring (bicyclic) bond motifs is 2.